The fourth-order valence-corrected chi connectivity index (χ4v) is 1.81. The SMILES string of the molecule is COC1(Cc2cccc(O)c2O)CNC1. The van der Waals surface area contributed by atoms with Gasteiger partial charge in [-0.25, -0.2) is 0 Å². The Balaban J connectivity index is 2.20. The standard InChI is InChI=1S/C11H15NO3/c1-15-11(6-12-7-11)5-8-3-2-4-9(13)10(8)14/h2-4,12-14H,5-7H2,1H3. The molecule has 1 aliphatic heterocycles. The third-order valence-corrected chi connectivity index (χ3v) is 2.94. The first kappa shape index (κ1) is 10.3. The predicted octanol–water partition coefficient (Wildman–Crippen LogP) is 0.629. The molecule has 0 aromatic heterocycles. The summed E-state index contributed by atoms with van der Waals surface area (Å²) in [5.41, 5.74) is 0.490. The summed E-state index contributed by atoms with van der Waals surface area (Å²) in [6.45, 7) is 1.55. The van der Waals surface area contributed by atoms with Gasteiger partial charge in [-0.3, -0.25) is 0 Å². The summed E-state index contributed by atoms with van der Waals surface area (Å²) >= 11 is 0. The molecule has 0 saturated carbocycles. The maximum Gasteiger partial charge on any atom is 0.160 e. The number of phenolic OH excluding ortho intramolecular Hbond substituents is 2. The van der Waals surface area contributed by atoms with Crippen LogP contribution in [0.3, 0.4) is 0 Å². The van der Waals surface area contributed by atoms with Gasteiger partial charge in [0.25, 0.3) is 0 Å². The number of rotatable bonds is 3. The van der Waals surface area contributed by atoms with Gasteiger partial charge in [0.15, 0.2) is 11.5 Å². The Hall–Kier alpha value is -1.26. The van der Waals surface area contributed by atoms with Crippen LogP contribution in [-0.4, -0.2) is 36.0 Å². The van der Waals surface area contributed by atoms with Crippen LogP contribution >= 0.6 is 0 Å². The maximum atomic E-state index is 9.65. The molecule has 0 spiro atoms. The minimum Gasteiger partial charge on any atom is -0.504 e. The van der Waals surface area contributed by atoms with Gasteiger partial charge in [-0.15, -0.1) is 0 Å². The highest BCUT2D eigenvalue weighted by Gasteiger charge is 2.37. The number of methoxy groups -OCH3 is 1. The van der Waals surface area contributed by atoms with Gasteiger partial charge in [-0.05, 0) is 6.07 Å². The Morgan fingerprint density at radius 3 is 2.67 bits per heavy atom. The molecule has 3 N–H and O–H groups in total. The van der Waals surface area contributed by atoms with Crippen molar-refractivity contribution in [3.8, 4) is 11.5 Å². The van der Waals surface area contributed by atoms with Gasteiger partial charge in [0.05, 0.1) is 5.60 Å². The lowest BCUT2D eigenvalue weighted by Crippen LogP contribution is -2.61. The Morgan fingerprint density at radius 1 is 1.40 bits per heavy atom. The summed E-state index contributed by atoms with van der Waals surface area (Å²) < 4.78 is 5.42. The van der Waals surface area contributed by atoms with E-state index in [1.54, 1.807) is 19.2 Å². The lowest BCUT2D eigenvalue weighted by Gasteiger charge is -2.41. The van der Waals surface area contributed by atoms with Crippen molar-refractivity contribution in [2.24, 2.45) is 0 Å². The van der Waals surface area contributed by atoms with E-state index in [0.717, 1.165) is 18.7 Å². The first-order valence-corrected chi connectivity index (χ1v) is 4.92. The molecular formula is C11H15NO3. The highest BCUT2D eigenvalue weighted by molar-refractivity contribution is 5.45. The van der Waals surface area contributed by atoms with Crippen molar-refractivity contribution in [1.29, 1.82) is 0 Å². The fraction of sp³-hybridized carbons (Fsp3) is 0.455. The number of nitrogens with one attached hydrogen (secondary N) is 1. The van der Waals surface area contributed by atoms with Crippen LogP contribution in [0, 0.1) is 0 Å². The summed E-state index contributed by atoms with van der Waals surface area (Å²) in [7, 11) is 1.67. The molecule has 0 bridgehead atoms. The summed E-state index contributed by atoms with van der Waals surface area (Å²) in [4.78, 5) is 0. The monoisotopic (exact) mass is 209 g/mol. The first-order valence-electron chi connectivity index (χ1n) is 4.92. The molecule has 0 amide bonds. The molecule has 0 radical (unpaired) electrons. The van der Waals surface area contributed by atoms with Gasteiger partial charge in [0.1, 0.15) is 0 Å². The van der Waals surface area contributed by atoms with Crippen molar-refractivity contribution in [1.82, 2.24) is 5.32 Å². The molecule has 15 heavy (non-hydrogen) atoms. The molecule has 1 aromatic carbocycles. The number of hydrogen-bond acceptors (Lipinski definition) is 4. The number of benzene rings is 1. The second kappa shape index (κ2) is 3.72. The van der Waals surface area contributed by atoms with Crippen LogP contribution in [0.5, 0.6) is 11.5 Å². The molecule has 1 fully saturated rings. The van der Waals surface area contributed by atoms with E-state index in [1.165, 1.54) is 6.07 Å². The van der Waals surface area contributed by atoms with Crippen molar-refractivity contribution in [2.45, 2.75) is 12.0 Å². The first-order chi connectivity index (χ1) is 7.17. The zero-order chi connectivity index (χ0) is 10.9. The summed E-state index contributed by atoms with van der Waals surface area (Å²) in [6, 6.07) is 4.99. The smallest absolute Gasteiger partial charge is 0.160 e. The van der Waals surface area contributed by atoms with Crippen molar-refractivity contribution in [2.75, 3.05) is 20.2 Å². The molecule has 82 valence electrons. The number of aromatic hydroxyl groups is 2. The zero-order valence-corrected chi connectivity index (χ0v) is 8.66. The average Bonchev–Trinajstić information content (AvgIpc) is 2.18. The predicted molar refractivity (Wildman–Crippen MR) is 56.1 cm³/mol. The Bertz CT molecular complexity index is 355. The van der Waals surface area contributed by atoms with E-state index >= 15 is 0 Å². The molecule has 0 aliphatic carbocycles. The van der Waals surface area contributed by atoms with Crippen LogP contribution in [-0.2, 0) is 11.2 Å². The van der Waals surface area contributed by atoms with Crippen LogP contribution in [0.1, 0.15) is 5.56 Å². The van der Waals surface area contributed by atoms with Crippen LogP contribution < -0.4 is 5.32 Å². The molecule has 0 atom stereocenters. The largest absolute Gasteiger partial charge is 0.504 e. The molecule has 1 aromatic rings. The topological polar surface area (TPSA) is 61.7 Å². The van der Waals surface area contributed by atoms with Crippen molar-refractivity contribution < 1.29 is 14.9 Å². The lowest BCUT2D eigenvalue weighted by molar-refractivity contribution is -0.0505. The molecule has 1 saturated heterocycles. The van der Waals surface area contributed by atoms with E-state index in [-0.39, 0.29) is 17.1 Å². The Labute approximate surface area is 88.5 Å². The molecule has 1 aliphatic rings. The molecule has 2 rings (SSSR count). The van der Waals surface area contributed by atoms with Crippen LogP contribution in [0.15, 0.2) is 18.2 Å². The molecule has 1 heterocycles. The van der Waals surface area contributed by atoms with Crippen molar-refractivity contribution >= 4 is 0 Å². The number of para-hydroxylation sites is 1. The third-order valence-electron chi connectivity index (χ3n) is 2.94. The Kier molecular flexibility index (Phi) is 2.54. The maximum absolute atomic E-state index is 9.65. The minimum atomic E-state index is -0.231. The minimum absolute atomic E-state index is 0.0409. The second-order valence-electron chi connectivity index (χ2n) is 3.95. The third kappa shape index (κ3) is 1.78. The van der Waals surface area contributed by atoms with Crippen LogP contribution in [0.4, 0.5) is 0 Å². The summed E-state index contributed by atoms with van der Waals surface area (Å²) in [6.07, 6.45) is 0.608. The number of ether oxygens (including phenoxy) is 1. The number of hydrogen-bond donors (Lipinski definition) is 3. The zero-order valence-electron chi connectivity index (χ0n) is 8.66. The highest BCUT2D eigenvalue weighted by atomic mass is 16.5. The van der Waals surface area contributed by atoms with E-state index in [9.17, 15) is 10.2 Å². The average molecular weight is 209 g/mol. The van der Waals surface area contributed by atoms with Gasteiger partial charge >= 0.3 is 0 Å². The van der Waals surface area contributed by atoms with E-state index < -0.39 is 0 Å². The van der Waals surface area contributed by atoms with Crippen LogP contribution in [0.2, 0.25) is 0 Å². The van der Waals surface area contributed by atoms with Gasteiger partial charge in [-0.2, -0.15) is 0 Å². The van der Waals surface area contributed by atoms with Crippen LogP contribution in [0.25, 0.3) is 0 Å². The molecule has 4 nitrogen and oxygen atoms in total. The fourth-order valence-electron chi connectivity index (χ4n) is 1.81. The van der Waals surface area contributed by atoms with Crippen molar-refractivity contribution in [3.63, 3.8) is 0 Å². The van der Waals surface area contributed by atoms with E-state index in [1.807, 2.05) is 0 Å². The van der Waals surface area contributed by atoms with Gasteiger partial charge in [0.2, 0.25) is 0 Å². The van der Waals surface area contributed by atoms with Crippen molar-refractivity contribution in [3.05, 3.63) is 23.8 Å². The highest BCUT2D eigenvalue weighted by Crippen LogP contribution is 2.32. The molecular weight excluding hydrogens is 194 g/mol. The summed E-state index contributed by atoms with van der Waals surface area (Å²) in [5, 5.41) is 22.1. The lowest BCUT2D eigenvalue weighted by atomic mass is 9.88. The Morgan fingerprint density at radius 2 is 2.13 bits per heavy atom. The van der Waals surface area contributed by atoms with E-state index in [0.29, 0.717) is 6.42 Å². The quantitative estimate of drug-likeness (QED) is 0.639. The summed E-state index contributed by atoms with van der Waals surface area (Å²) in [5.74, 6) is -0.119. The van der Waals surface area contributed by atoms with E-state index in [2.05, 4.69) is 5.32 Å². The van der Waals surface area contributed by atoms with E-state index in [4.69, 9.17) is 4.74 Å². The van der Waals surface area contributed by atoms with Gasteiger partial charge < -0.3 is 20.3 Å². The normalized spacial score (nSPS) is 18.5. The second-order valence-corrected chi connectivity index (χ2v) is 3.95. The van der Waals surface area contributed by atoms with Gasteiger partial charge in [-0.1, -0.05) is 12.1 Å². The number of phenols is 2. The molecule has 0 unspecified atom stereocenters. The molecule has 4 heteroatoms. The van der Waals surface area contributed by atoms with Gasteiger partial charge in [0, 0.05) is 32.2 Å².